The van der Waals surface area contributed by atoms with Crippen molar-refractivity contribution in [2.24, 2.45) is 5.92 Å². The number of nitrogens with zero attached hydrogens (tertiary/aromatic N) is 4. The number of aromatic nitrogens is 4. The summed E-state index contributed by atoms with van der Waals surface area (Å²) < 4.78 is 37.8. The quantitative estimate of drug-likeness (QED) is 0.875. The average Bonchev–Trinajstić information content (AvgIpc) is 2.60. The maximum absolute atomic E-state index is 12.5. The first-order valence-corrected chi connectivity index (χ1v) is 4.81. The number of carboxylic acids is 1. The molecule has 96 valence electrons. The number of carbonyl (C=O) groups is 1. The molecule has 0 spiro atoms. The zero-order valence-electron chi connectivity index (χ0n) is 9.14. The van der Waals surface area contributed by atoms with Crippen molar-refractivity contribution in [1.29, 1.82) is 0 Å². The molecule has 0 bridgehead atoms. The smallest absolute Gasteiger partial charge is 0.453 e. The minimum absolute atomic E-state index is 0.0173. The SMILES string of the molecule is CC(C)CC(C(=O)O)n1nnnc1C(F)(F)F. The Bertz CT molecular complexity index is 402. The van der Waals surface area contributed by atoms with Gasteiger partial charge >= 0.3 is 12.1 Å². The molecule has 6 nitrogen and oxygen atoms in total. The van der Waals surface area contributed by atoms with Gasteiger partial charge in [-0.1, -0.05) is 13.8 Å². The van der Waals surface area contributed by atoms with E-state index < -0.39 is 24.0 Å². The van der Waals surface area contributed by atoms with E-state index in [4.69, 9.17) is 5.11 Å². The molecule has 0 saturated heterocycles. The summed E-state index contributed by atoms with van der Waals surface area (Å²) in [7, 11) is 0. The Labute approximate surface area is 94.4 Å². The average molecular weight is 252 g/mol. The van der Waals surface area contributed by atoms with Crippen molar-refractivity contribution in [2.45, 2.75) is 32.5 Å². The summed E-state index contributed by atoms with van der Waals surface area (Å²) >= 11 is 0. The molecule has 1 N–H and O–H groups in total. The van der Waals surface area contributed by atoms with E-state index in [0.717, 1.165) is 0 Å². The van der Waals surface area contributed by atoms with Gasteiger partial charge in [0.2, 0.25) is 0 Å². The second-order valence-electron chi connectivity index (χ2n) is 3.93. The third-order valence-electron chi connectivity index (χ3n) is 2.02. The normalized spacial score (nSPS) is 14.0. The second kappa shape index (κ2) is 4.68. The van der Waals surface area contributed by atoms with Crippen LogP contribution >= 0.6 is 0 Å². The van der Waals surface area contributed by atoms with E-state index in [0.29, 0.717) is 4.68 Å². The highest BCUT2D eigenvalue weighted by molar-refractivity contribution is 5.71. The summed E-state index contributed by atoms with van der Waals surface area (Å²) in [5, 5.41) is 17.7. The predicted octanol–water partition coefficient (Wildman–Crippen LogP) is 1.36. The summed E-state index contributed by atoms with van der Waals surface area (Å²) in [4.78, 5) is 10.9. The van der Waals surface area contributed by atoms with Crippen LogP contribution in [0.4, 0.5) is 13.2 Å². The van der Waals surface area contributed by atoms with Crippen molar-refractivity contribution in [3.05, 3.63) is 5.82 Å². The number of aliphatic carboxylic acids is 1. The first kappa shape index (κ1) is 13.4. The topological polar surface area (TPSA) is 80.9 Å². The minimum Gasteiger partial charge on any atom is -0.480 e. The molecule has 0 fully saturated rings. The monoisotopic (exact) mass is 252 g/mol. The first-order chi connectivity index (χ1) is 7.73. The fraction of sp³-hybridized carbons (Fsp3) is 0.750. The molecule has 1 aromatic heterocycles. The lowest BCUT2D eigenvalue weighted by Gasteiger charge is -2.16. The summed E-state index contributed by atoms with van der Waals surface area (Å²) in [5.74, 6) is -2.89. The Balaban J connectivity index is 3.11. The molecule has 0 saturated carbocycles. The van der Waals surface area contributed by atoms with E-state index in [1.807, 2.05) is 0 Å². The third kappa shape index (κ3) is 3.14. The molecule has 9 heteroatoms. The number of hydrogen-bond acceptors (Lipinski definition) is 4. The number of carboxylic acid groups (broad SMARTS) is 1. The molecule has 0 aliphatic heterocycles. The Hall–Kier alpha value is -1.67. The van der Waals surface area contributed by atoms with Gasteiger partial charge in [0.15, 0.2) is 6.04 Å². The van der Waals surface area contributed by atoms with E-state index in [-0.39, 0.29) is 12.3 Å². The van der Waals surface area contributed by atoms with Crippen LogP contribution in [0.2, 0.25) is 0 Å². The summed E-state index contributed by atoms with van der Waals surface area (Å²) in [6.45, 7) is 3.40. The lowest BCUT2D eigenvalue weighted by Crippen LogP contribution is -2.27. The van der Waals surface area contributed by atoms with Crippen LogP contribution in [-0.2, 0) is 11.0 Å². The van der Waals surface area contributed by atoms with E-state index >= 15 is 0 Å². The van der Waals surface area contributed by atoms with Crippen LogP contribution < -0.4 is 0 Å². The van der Waals surface area contributed by atoms with Crippen LogP contribution in [-0.4, -0.2) is 31.3 Å². The van der Waals surface area contributed by atoms with Crippen molar-refractivity contribution in [1.82, 2.24) is 20.2 Å². The molecule has 1 heterocycles. The van der Waals surface area contributed by atoms with Gasteiger partial charge in [-0.25, -0.2) is 9.48 Å². The zero-order chi connectivity index (χ0) is 13.2. The van der Waals surface area contributed by atoms with E-state index in [1.54, 1.807) is 13.8 Å². The highest BCUT2D eigenvalue weighted by Crippen LogP contribution is 2.29. The van der Waals surface area contributed by atoms with Crippen molar-refractivity contribution < 1.29 is 23.1 Å². The van der Waals surface area contributed by atoms with E-state index in [1.165, 1.54) is 0 Å². The van der Waals surface area contributed by atoms with Gasteiger partial charge in [-0.15, -0.1) is 5.10 Å². The van der Waals surface area contributed by atoms with Crippen LogP contribution in [0.15, 0.2) is 0 Å². The number of tetrazole rings is 1. The van der Waals surface area contributed by atoms with Crippen LogP contribution in [0, 0.1) is 5.92 Å². The summed E-state index contributed by atoms with van der Waals surface area (Å²) in [6.07, 6.45) is -4.75. The third-order valence-corrected chi connectivity index (χ3v) is 2.02. The molecule has 1 rings (SSSR count). The largest absolute Gasteiger partial charge is 0.480 e. The van der Waals surface area contributed by atoms with Gasteiger partial charge in [0.1, 0.15) is 0 Å². The summed E-state index contributed by atoms with van der Waals surface area (Å²) in [6, 6.07) is -1.42. The Morgan fingerprint density at radius 2 is 2.06 bits per heavy atom. The number of rotatable bonds is 4. The maximum Gasteiger partial charge on any atom is 0.453 e. The first-order valence-electron chi connectivity index (χ1n) is 4.81. The minimum atomic E-state index is -4.77. The lowest BCUT2D eigenvalue weighted by molar-refractivity contribution is -0.152. The van der Waals surface area contributed by atoms with Gasteiger partial charge in [-0.05, 0) is 22.8 Å². The molecule has 0 aliphatic rings. The van der Waals surface area contributed by atoms with E-state index in [2.05, 4.69) is 15.5 Å². The van der Waals surface area contributed by atoms with Crippen LogP contribution in [0.3, 0.4) is 0 Å². The van der Waals surface area contributed by atoms with Gasteiger partial charge in [0.05, 0.1) is 0 Å². The Morgan fingerprint density at radius 1 is 1.47 bits per heavy atom. The van der Waals surface area contributed by atoms with Gasteiger partial charge in [-0.3, -0.25) is 0 Å². The molecular weight excluding hydrogens is 241 g/mol. The molecule has 1 atom stereocenters. The maximum atomic E-state index is 12.5. The highest BCUT2D eigenvalue weighted by Gasteiger charge is 2.41. The van der Waals surface area contributed by atoms with Gasteiger partial charge in [-0.2, -0.15) is 13.2 Å². The molecule has 0 radical (unpaired) electrons. The van der Waals surface area contributed by atoms with Crippen LogP contribution in [0.5, 0.6) is 0 Å². The number of halogens is 3. The Morgan fingerprint density at radius 3 is 2.47 bits per heavy atom. The fourth-order valence-electron chi connectivity index (χ4n) is 1.34. The molecule has 17 heavy (non-hydrogen) atoms. The van der Waals surface area contributed by atoms with Crippen molar-refractivity contribution in [3.63, 3.8) is 0 Å². The molecule has 0 aromatic carbocycles. The molecule has 1 unspecified atom stereocenters. The van der Waals surface area contributed by atoms with Gasteiger partial charge < -0.3 is 5.11 Å². The van der Waals surface area contributed by atoms with E-state index in [9.17, 15) is 18.0 Å². The Kier molecular flexibility index (Phi) is 3.69. The fourth-order valence-corrected chi connectivity index (χ4v) is 1.34. The second-order valence-corrected chi connectivity index (χ2v) is 3.93. The van der Waals surface area contributed by atoms with Crippen LogP contribution in [0.1, 0.15) is 32.1 Å². The van der Waals surface area contributed by atoms with Gasteiger partial charge in [0, 0.05) is 0 Å². The summed E-state index contributed by atoms with van der Waals surface area (Å²) in [5.41, 5.74) is 0. The van der Waals surface area contributed by atoms with Crippen molar-refractivity contribution in [2.75, 3.05) is 0 Å². The highest BCUT2D eigenvalue weighted by atomic mass is 19.4. The molecule has 0 amide bonds. The molecule has 0 aliphatic carbocycles. The standard InChI is InChI=1S/C8H11F3N4O2/c1-4(2)3-5(6(16)17)15-7(8(9,10)11)12-13-14-15/h4-5H,3H2,1-2H3,(H,16,17). The molecular formula is C8H11F3N4O2. The zero-order valence-corrected chi connectivity index (χ0v) is 9.14. The number of alkyl halides is 3. The van der Waals surface area contributed by atoms with Crippen molar-refractivity contribution in [3.8, 4) is 0 Å². The number of hydrogen-bond donors (Lipinski definition) is 1. The van der Waals surface area contributed by atoms with Crippen molar-refractivity contribution >= 4 is 5.97 Å². The molecule has 1 aromatic rings. The predicted molar refractivity (Wildman–Crippen MR) is 48.9 cm³/mol. The van der Waals surface area contributed by atoms with Gasteiger partial charge in [0.25, 0.3) is 5.82 Å². The van der Waals surface area contributed by atoms with Crippen LogP contribution in [0.25, 0.3) is 0 Å². The lowest BCUT2D eigenvalue weighted by atomic mass is 10.0.